The summed E-state index contributed by atoms with van der Waals surface area (Å²) < 4.78 is 0. The van der Waals surface area contributed by atoms with Crippen molar-refractivity contribution < 1.29 is 9.90 Å². The van der Waals surface area contributed by atoms with Gasteiger partial charge in [0.25, 0.3) is 0 Å². The van der Waals surface area contributed by atoms with Crippen molar-refractivity contribution in [3.63, 3.8) is 0 Å². The minimum Gasteiger partial charge on any atom is -0.481 e. The Hall–Kier alpha value is -1.31. The number of carbonyl (C=O) groups is 1. The molecule has 1 unspecified atom stereocenters. The van der Waals surface area contributed by atoms with Crippen LogP contribution in [0, 0.1) is 11.8 Å². The molecule has 1 fully saturated rings. The highest BCUT2D eigenvalue weighted by atomic mass is 16.4. The Morgan fingerprint density at radius 1 is 1.22 bits per heavy atom. The lowest BCUT2D eigenvalue weighted by atomic mass is 9.73. The molecule has 1 aliphatic rings. The van der Waals surface area contributed by atoms with Crippen LogP contribution in [-0.4, -0.2) is 11.1 Å². The molecule has 0 aromatic heterocycles. The van der Waals surface area contributed by atoms with Gasteiger partial charge >= 0.3 is 5.97 Å². The van der Waals surface area contributed by atoms with Crippen molar-refractivity contribution in [2.24, 2.45) is 11.8 Å². The summed E-state index contributed by atoms with van der Waals surface area (Å²) in [5, 5.41) is 9.21. The number of rotatable bonds is 4. The third kappa shape index (κ3) is 2.92. The van der Waals surface area contributed by atoms with Crippen molar-refractivity contribution in [1.29, 1.82) is 0 Å². The van der Waals surface area contributed by atoms with Gasteiger partial charge in [0.15, 0.2) is 0 Å². The van der Waals surface area contributed by atoms with Gasteiger partial charge in [-0.25, -0.2) is 0 Å². The molecule has 0 bridgehead atoms. The molecule has 1 aliphatic carbocycles. The topological polar surface area (TPSA) is 37.3 Å². The molecule has 1 N–H and O–H groups in total. The summed E-state index contributed by atoms with van der Waals surface area (Å²) in [6.07, 6.45) is 5.15. The fourth-order valence-corrected chi connectivity index (χ4v) is 3.29. The molecule has 0 saturated heterocycles. The lowest BCUT2D eigenvalue weighted by Crippen LogP contribution is -2.26. The van der Waals surface area contributed by atoms with Gasteiger partial charge in [-0.05, 0) is 49.5 Å². The molecule has 0 amide bonds. The fraction of sp³-hybridized carbons (Fsp3) is 0.562. The van der Waals surface area contributed by atoms with Crippen LogP contribution < -0.4 is 0 Å². The van der Waals surface area contributed by atoms with Crippen LogP contribution in [0.1, 0.15) is 50.5 Å². The van der Waals surface area contributed by atoms with E-state index in [1.807, 2.05) is 13.0 Å². The zero-order valence-corrected chi connectivity index (χ0v) is 11.0. The molecule has 0 heterocycles. The van der Waals surface area contributed by atoms with Crippen LogP contribution in [0.2, 0.25) is 0 Å². The maximum absolute atomic E-state index is 11.2. The van der Waals surface area contributed by atoms with E-state index in [1.165, 1.54) is 5.56 Å². The van der Waals surface area contributed by atoms with Crippen LogP contribution in [0.4, 0.5) is 0 Å². The number of hydrogen-bond acceptors (Lipinski definition) is 1. The molecule has 0 radical (unpaired) electrons. The molecule has 2 rings (SSSR count). The molecule has 0 spiro atoms. The largest absolute Gasteiger partial charge is 0.481 e. The first-order valence-corrected chi connectivity index (χ1v) is 7.00. The van der Waals surface area contributed by atoms with Gasteiger partial charge in [0.05, 0.1) is 5.92 Å². The van der Waals surface area contributed by atoms with Crippen LogP contribution in [0.25, 0.3) is 0 Å². The Labute approximate surface area is 109 Å². The number of hydrogen-bond donors (Lipinski definition) is 1. The van der Waals surface area contributed by atoms with Crippen molar-refractivity contribution in [2.75, 3.05) is 0 Å². The predicted octanol–water partition coefficient (Wildman–Crippen LogP) is 4.07. The summed E-state index contributed by atoms with van der Waals surface area (Å²) >= 11 is 0. The molecule has 2 heteroatoms. The van der Waals surface area contributed by atoms with Gasteiger partial charge < -0.3 is 5.11 Å². The Kier molecular flexibility index (Phi) is 4.40. The molecule has 1 saturated carbocycles. The standard InChI is InChI=1S/C16H22O2/c1-2-15(16(17)18)14-10-8-13(9-11-14)12-6-4-3-5-7-12/h3-7,13-15H,2,8-11H2,1H3,(H,17,18)/t13-,14-,15?. The van der Waals surface area contributed by atoms with Crippen molar-refractivity contribution in [2.45, 2.75) is 44.9 Å². The van der Waals surface area contributed by atoms with Gasteiger partial charge in [0.2, 0.25) is 0 Å². The lowest BCUT2D eigenvalue weighted by Gasteiger charge is -2.31. The van der Waals surface area contributed by atoms with E-state index in [-0.39, 0.29) is 5.92 Å². The minimum atomic E-state index is -0.610. The second-order valence-corrected chi connectivity index (χ2v) is 5.38. The Morgan fingerprint density at radius 2 is 1.83 bits per heavy atom. The second kappa shape index (κ2) is 6.03. The molecule has 98 valence electrons. The minimum absolute atomic E-state index is 0.137. The van der Waals surface area contributed by atoms with Gasteiger partial charge in [0.1, 0.15) is 0 Å². The first kappa shape index (κ1) is 13.1. The van der Waals surface area contributed by atoms with E-state index in [2.05, 4.69) is 24.3 Å². The third-order valence-corrected chi connectivity index (χ3v) is 4.37. The van der Waals surface area contributed by atoms with Crippen molar-refractivity contribution in [1.82, 2.24) is 0 Å². The second-order valence-electron chi connectivity index (χ2n) is 5.38. The number of carboxylic acid groups (broad SMARTS) is 1. The van der Waals surface area contributed by atoms with E-state index in [0.29, 0.717) is 11.8 Å². The van der Waals surface area contributed by atoms with E-state index >= 15 is 0 Å². The van der Waals surface area contributed by atoms with Crippen molar-refractivity contribution in [3.8, 4) is 0 Å². The summed E-state index contributed by atoms with van der Waals surface area (Å²) in [6, 6.07) is 10.6. The molecule has 1 aromatic rings. The summed E-state index contributed by atoms with van der Waals surface area (Å²) in [4.78, 5) is 11.2. The summed E-state index contributed by atoms with van der Waals surface area (Å²) in [6.45, 7) is 1.99. The van der Waals surface area contributed by atoms with Crippen LogP contribution >= 0.6 is 0 Å². The van der Waals surface area contributed by atoms with Crippen LogP contribution in [0.3, 0.4) is 0 Å². The molecule has 1 aromatic carbocycles. The van der Waals surface area contributed by atoms with Crippen molar-refractivity contribution in [3.05, 3.63) is 35.9 Å². The average Bonchev–Trinajstić information content (AvgIpc) is 2.41. The summed E-state index contributed by atoms with van der Waals surface area (Å²) in [5.41, 5.74) is 1.42. The van der Waals surface area contributed by atoms with E-state index in [1.54, 1.807) is 0 Å². The number of benzene rings is 1. The highest BCUT2D eigenvalue weighted by Crippen LogP contribution is 2.39. The number of carboxylic acids is 1. The average molecular weight is 246 g/mol. The number of aliphatic carboxylic acids is 1. The van der Waals surface area contributed by atoms with Gasteiger partial charge in [-0.2, -0.15) is 0 Å². The van der Waals surface area contributed by atoms with E-state index in [0.717, 1.165) is 32.1 Å². The maximum Gasteiger partial charge on any atom is 0.306 e. The monoisotopic (exact) mass is 246 g/mol. The lowest BCUT2D eigenvalue weighted by molar-refractivity contribution is -0.144. The SMILES string of the molecule is CCC(C(=O)O)[C@H]1CC[C@H](c2ccccc2)CC1. The maximum atomic E-state index is 11.2. The van der Waals surface area contributed by atoms with Gasteiger partial charge in [0, 0.05) is 0 Å². The zero-order chi connectivity index (χ0) is 13.0. The van der Waals surface area contributed by atoms with E-state index in [9.17, 15) is 9.90 Å². The molecule has 0 aliphatic heterocycles. The molecular formula is C16H22O2. The molecule has 18 heavy (non-hydrogen) atoms. The van der Waals surface area contributed by atoms with E-state index < -0.39 is 5.97 Å². The Bertz CT molecular complexity index is 377. The van der Waals surface area contributed by atoms with Gasteiger partial charge in [-0.1, -0.05) is 37.3 Å². The molecule has 2 nitrogen and oxygen atoms in total. The highest BCUT2D eigenvalue weighted by Gasteiger charge is 2.30. The molecule has 1 atom stereocenters. The Morgan fingerprint density at radius 3 is 2.33 bits per heavy atom. The molecular weight excluding hydrogens is 224 g/mol. The van der Waals surface area contributed by atoms with Crippen LogP contribution in [0.15, 0.2) is 30.3 Å². The predicted molar refractivity (Wildman–Crippen MR) is 72.6 cm³/mol. The van der Waals surface area contributed by atoms with Gasteiger partial charge in [-0.15, -0.1) is 0 Å². The van der Waals surface area contributed by atoms with E-state index in [4.69, 9.17) is 0 Å². The summed E-state index contributed by atoms with van der Waals surface area (Å²) in [5.74, 6) is 0.267. The normalized spacial score (nSPS) is 25.6. The van der Waals surface area contributed by atoms with Crippen molar-refractivity contribution >= 4 is 5.97 Å². The first-order valence-electron chi connectivity index (χ1n) is 7.00. The third-order valence-electron chi connectivity index (χ3n) is 4.37. The zero-order valence-electron chi connectivity index (χ0n) is 11.0. The van der Waals surface area contributed by atoms with Crippen LogP contribution in [-0.2, 0) is 4.79 Å². The Balaban J connectivity index is 1.94. The quantitative estimate of drug-likeness (QED) is 0.869. The van der Waals surface area contributed by atoms with Crippen LogP contribution in [0.5, 0.6) is 0 Å². The fourth-order valence-electron chi connectivity index (χ4n) is 3.29. The smallest absolute Gasteiger partial charge is 0.306 e. The first-order chi connectivity index (χ1) is 8.72. The highest BCUT2D eigenvalue weighted by molar-refractivity contribution is 5.70. The van der Waals surface area contributed by atoms with Gasteiger partial charge in [-0.3, -0.25) is 4.79 Å². The summed E-state index contributed by atoms with van der Waals surface area (Å²) in [7, 11) is 0.